The first-order valence-corrected chi connectivity index (χ1v) is 10.0. The van der Waals surface area contributed by atoms with E-state index in [2.05, 4.69) is 14.8 Å². The molecule has 27 heavy (non-hydrogen) atoms. The molecule has 0 bridgehead atoms. The molecule has 9 heteroatoms. The van der Waals surface area contributed by atoms with E-state index in [0.29, 0.717) is 11.4 Å². The molecular formula is C18H19ClN4O3S. The van der Waals surface area contributed by atoms with Gasteiger partial charge in [0.05, 0.1) is 5.69 Å². The van der Waals surface area contributed by atoms with Gasteiger partial charge < -0.3 is 4.74 Å². The Morgan fingerprint density at radius 1 is 1.19 bits per heavy atom. The number of hydrogen-bond donors (Lipinski definition) is 1. The first kappa shape index (κ1) is 19.2. The fraction of sp³-hybridized carbons (Fsp3) is 0.222. The quantitative estimate of drug-likeness (QED) is 0.674. The summed E-state index contributed by atoms with van der Waals surface area (Å²) < 4.78 is 35.3. The maximum atomic E-state index is 12.8. The Hall–Kier alpha value is -2.58. The first-order chi connectivity index (χ1) is 12.8. The molecule has 0 amide bonds. The molecule has 142 valence electrons. The molecule has 2 heterocycles. The summed E-state index contributed by atoms with van der Waals surface area (Å²) in [6.45, 7) is 3.45. The number of halogens is 1. The Kier molecular flexibility index (Phi) is 5.38. The second-order valence-electron chi connectivity index (χ2n) is 5.96. The summed E-state index contributed by atoms with van der Waals surface area (Å²) in [5.74, 6) is 0.398. The third-order valence-electron chi connectivity index (χ3n) is 3.94. The first-order valence-electron chi connectivity index (χ1n) is 8.18. The number of aromatic nitrogens is 3. The van der Waals surface area contributed by atoms with E-state index in [4.69, 9.17) is 16.3 Å². The summed E-state index contributed by atoms with van der Waals surface area (Å²) in [5, 5.41) is 4.07. The van der Waals surface area contributed by atoms with Crippen LogP contribution in [-0.4, -0.2) is 23.2 Å². The van der Waals surface area contributed by atoms with Crippen LogP contribution in [0, 0.1) is 6.92 Å². The van der Waals surface area contributed by atoms with Crippen molar-refractivity contribution < 1.29 is 13.2 Å². The summed E-state index contributed by atoms with van der Waals surface area (Å²) in [6, 6.07) is 12.9. The molecule has 0 radical (unpaired) electrons. The summed E-state index contributed by atoms with van der Waals surface area (Å²) >= 11 is 6.10. The molecule has 0 aliphatic heterocycles. The van der Waals surface area contributed by atoms with Gasteiger partial charge >= 0.3 is 0 Å². The van der Waals surface area contributed by atoms with Crippen molar-refractivity contribution in [1.29, 1.82) is 0 Å². The molecule has 2 aromatic heterocycles. The summed E-state index contributed by atoms with van der Waals surface area (Å²) in [4.78, 5) is 4.03. The third kappa shape index (κ3) is 4.06. The number of hydrogen-bond acceptors (Lipinski definition) is 5. The molecule has 3 aromatic rings. The van der Waals surface area contributed by atoms with E-state index in [1.54, 1.807) is 26.1 Å². The number of sulfonamides is 1. The lowest BCUT2D eigenvalue weighted by atomic mass is 10.1. The van der Waals surface area contributed by atoms with Crippen LogP contribution in [0.1, 0.15) is 24.3 Å². The van der Waals surface area contributed by atoms with Crippen molar-refractivity contribution in [3.8, 4) is 5.75 Å². The van der Waals surface area contributed by atoms with Crippen molar-refractivity contribution in [3.05, 3.63) is 65.1 Å². The van der Waals surface area contributed by atoms with Crippen molar-refractivity contribution >= 4 is 27.4 Å². The van der Waals surface area contributed by atoms with E-state index in [-0.39, 0.29) is 22.0 Å². The lowest BCUT2D eigenvalue weighted by molar-refractivity contribution is 0.227. The van der Waals surface area contributed by atoms with Crippen molar-refractivity contribution in [3.63, 3.8) is 0 Å². The normalized spacial score (nSPS) is 12.6. The van der Waals surface area contributed by atoms with Crippen molar-refractivity contribution in [2.45, 2.75) is 24.8 Å². The molecule has 0 fully saturated rings. The molecule has 0 unspecified atom stereocenters. The van der Waals surface area contributed by atoms with Gasteiger partial charge in [0.1, 0.15) is 16.2 Å². The second-order valence-corrected chi connectivity index (χ2v) is 7.93. The number of rotatable bonds is 6. The Balaban J connectivity index is 1.90. The standard InChI is InChI=1S/C18H19ClN4O3S/c1-12-16(17(19)23(3)21-12)27(24,25)22-18-15(10-7-11-20-18)26-13(2)14-8-5-4-6-9-14/h4-11,13H,1-3H3,(H,20,22)/t13-/m0/s1. The topological polar surface area (TPSA) is 86.1 Å². The Bertz CT molecular complexity index is 1050. The van der Waals surface area contributed by atoms with Crippen LogP contribution in [0.15, 0.2) is 53.6 Å². The van der Waals surface area contributed by atoms with Crippen LogP contribution in [0.5, 0.6) is 5.75 Å². The number of aryl methyl sites for hydroxylation is 2. The van der Waals surface area contributed by atoms with Gasteiger partial charge in [-0.15, -0.1) is 0 Å². The number of pyridine rings is 1. The smallest absolute Gasteiger partial charge is 0.268 e. The third-order valence-corrected chi connectivity index (χ3v) is 5.98. The highest BCUT2D eigenvalue weighted by atomic mass is 35.5. The minimum atomic E-state index is -3.98. The highest BCUT2D eigenvalue weighted by molar-refractivity contribution is 7.92. The molecule has 3 rings (SSSR count). The van der Waals surface area contributed by atoms with Gasteiger partial charge in [-0.1, -0.05) is 41.9 Å². The maximum Gasteiger partial charge on any atom is 0.268 e. The predicted molar refractivity (Wildman–Crippen MR) is 103 cm³/mol. The van der Waals surface area contributed by atoms with Gasteiger partial charge in [-0.2, -0.15) is 5.10 Å². The highest BCUT2D eigenvalue weighted by Crippen LogP contribution is 2.31. The number of nitrogens with one attached hydrogen (secondary N) is 1. The zero-order chi connectivity index (χ0) is 19.6. The van der Waals surface area contributed by atoms with Crippen LogP contribution in [0.4, 0.5) is 5.82 Å². The average Bonchev–Trinajstić information content (AvgIpc) is 2.89. The maximum absolute atomic E-state index is 12.8. The van der Waals surface area contributed by atoms with Gasteiger partial charge in [0, 0.05) is 13.2 Å². The number of benzene rings is 1. The summed E-state index contributed by atoms with van der Waals surface area (Å²) in [5.41, 5.74) is 1.26. The molecule has 7 nitrogen and oxygen atoms in total. The number of nitrogens with zero attached hydrogens (tertiary/aromatic N) is 3. The molecule has 0 saturated heterocycles. The van der Waals surface area contributed by atoms with E-state index >= 15 is 0 Å². The molecule has 0 spiro atoms. The van der Waals surface area contributed by atoms with Crippen molar-refractivity contribution in [2.24, 2.45) is 7.05 Å². The van der Waals surface area contributed by atoms with E-state index < -0.39 is 10.0 Å². The van der Waals surface area contributed by atoms with Gasteiger partial charge in [-0.05, 0) is 31.5 Å². The van der Waals surface area contributed by atoms with Gasteiger partial charge in [-0.3, -0.25) is 9.40 Å². The van der Waals surface area contributed by atoms with Gasteiger partial charge in [-0.25, -0.2) is 13.4 Å². The SMILES string of the molecule is Cc1nn(C)c(Cl)c1S(=O)(=O)Nc1ncccc1O[C@@H](C)c1ccccc1. The fourth-order valence-corrected chi connectivity index (χ4v) is 4.41. The van der Waals surface area contributed by atoms with Crippen LogP contribution in [0.2, 0.25) is 5.15 Å². The van der Waals surface area contributed by atoms with Gasteiger partial charge in [0.25, 0.3) is 10.0 Å². The minimum Gasteiger partial charge on any atom is -0.482 e. The Morgan fingerprint density at radius 2 is 1.89 bits per heavy atom. The number of anilines is 1. The molecule has 1 N–H and O–H groups in total. The zero-order valence-corrected chi connectivity index (χ0v) is 16.6. The monoisotopic (exact) mass is 406 g/mol. The Morgan fingerprint density at radius 3 is 2.52 bits per heavy atom. The summed E-state index contributed by atoms with van der Waals surface area (Å²) in [7, 11) is -2.41. The van der Waals surface area contributed by atoms with Gasteiger partial charge in [0.15, 0.2) is 11.6 Å². The zero-order valence-electron chi connectivity index (χ0n) is 15.0. The molecule has 0 aliphatic rings. The van der Waals surface area contributed by atoms with Crippen LogP contribution >= 0.6 is 11.6 Å². The number of ether oxygens (including phenoxy) is 1. The fourth-order valence-electron chi connectivity index (χ4n) is 2.64. The highest BCUT2D eigenvalue weighted by Gasteiger charge is 2.27. The van der Waals surface area contributed by atoms with E-state index in [1.165, 1.54) is 10.9 Å². The molecule has 0 saturated carbocycles. The van der Waals surface area contributed by atoms with Gasteiger partial charge in [0.2, 0.25) is 0 Å². The molecule has 0 aliphatic carbocycles. The van der Waals surface area contributed by atoms with Crippen LogP contribution in [0.25, 0.3) is 0 Å². The lowest BCUT2D eigenvalue weighted by Crippen LogP contribution is -2.16. The minimum absolute atomic E-state index is 0.0241. The van der Waals surface area contributed by atoms with E-state index in [9.17, 15) is 8.42 Å². The molecule has 1 atom stereocenters. The van der Waals surface area contributed by atoms with Crippen LogP contribution in [0.3, 0.4) is 0 Å². The lowest BCUT2D eigenvalue weighted by Gasteiger charge is -2.17. The van der Waals surface area contributed by atoms with E-state index in [0.717, 1.165) is 5.56 Å². The second kappa shape index (κ2) is 7.58. The van der Waals surface area contributed by atoms with Crippen LogP contribution < -0.4 is 9.46 Å². The van der Waals surface area contributed by atoms with Crippen molar-refractivity contribution in [1.82, 2.24) is 14.8 Å². The predicted octanol–water partition coefficient (Wildman–Crippen LogP) is 3.72. The average molecular weight is 407 g/mol. The van der Waals surface area contributed by atoms with Crippen molar-refractivity contribution in [2.75, 3.05) is 4.72 Å². The molecular weight excluding hydrogens is 388 g/mol. The summed E-state index contributed by atoms with van der Waals surface area (Å²) in [6.07, 6.45) is 1.19. The Labute approximate surface area is 163 Å². The molecule has 1 aromatic carbocycles. The largest absolute Gasteiger partial charge is 0.482 e. The van der Waals surface area contributed by atoms with Crippen LogP contribution in [-0.2, 0) is 17.1 Å². The van der Waals surface area contributed by atoms with E-state index in [1.807, 2.05) is 37.3 Å².